The first-order chi connectivity index (χ1) is 41.8. The number of rotatable bonds is 15. The second kappa shape index (κ2) is 24.3. The molecule has 0 amide bonds. The van der Waals surface area contributed by atoms with Crippen LogP contribution in [0.25, 0.3) is 0 Å². The van der Waals surface area contributed by atoms with Gasteiger partial charge in [-0.1, -0.05) is 0 Å². The van der Waals surface area contributed by atoms with Gasteiger partial charge in [0.25, 0.3) is 0 Å². The third kappa shape index (κ3) is 12.9. The highest BCUT2D eigenvalue weighted by Gasteiger charge is 2.55. The minimum Gasteiger partial charge on any atom is -0.504 e. The lowest BCUT2D eigenvalue weighted by Gasteiger charge is -2.43. The zero-order chi connectivity index (χ0) is 65.4. The Hall–Kier alpha value is -13.0. The monoisotopic (exact) mass is 1240 g/mol. The van der Waals surface area contributed by atoms with Crippen LogP contribution < -0.4 is 9.47 Å². The number of benzene rings is 7. The van der Waals surface area contributed by atoms with Gasteiger partial charge < -0.3 is 135 Å². The Morgan fingerprint density at radius 3 is 0.843 bits per heavy atom. The Labute approximate surface area is 491 Å². The molecule has 464 valence electrons. The topological polar surface area (TPSA) is 578 Å². The van der Waals surface area contributed by atoms with Crippen LogP contribution >= 0.6 is 0 Å². The summed E-state index contributed by atoms with van der Waals surface area (Å²) in [6, 6.07) is 7.18. The number of carbonyl (C=O) groups is 7. The predicted molar refractivity (Wildman–Crippen MR) is 279 cm³/mol. The molecule has 1 aliphatic heterocycles. The molecule has 1 heterocycles. The predicted octanol–water partition coefficient (Wildman–Crippen LogP) is 2.95. The number of aromatic hydroxyl groups is 19. The number of phenolic OH excluding ortho intramolecular Hbond substituents is 19. The van der Waals surface area contributed by atoms with E-state index < -0.39 is 239 Å². The van der Waals surface area contributed by atoms with Gasteiger partial charge in [-0.05, 0) is 84.9 Å². The van der Waals surface area contributed by atoms with Gasteiger partial charge in [0.15, 0.2) is 121 Å². The molecule has 5 atom stereocenters. The number of phenols is 19. The summed E-state index contributed by atoms with van der Waals surface area (Å²) in [7, 11) is 0. The van der Waals surface area contributed by atoms with Gasteiger partial charge in [0.1, 0.15) is 12.7 Å². The Balaban J connectivity index is 1.22. The average Bonchev–Trinajstić information content (AvgIpc) is 1.02. The zero-order valence-corrected chi connectivity index (χ0v) is 43.8. The second-order valence-corrected chi connectivity index (χ2v) is 18.4. The van der Waals surface area contributed by atoms with Crippen LogP contribution in [0.15, 0.2) is 84.9 Å². The van der Waals surface area contributed by atoms with Gasteiger partial charge >= 0.3 is 41.8 Å². The van der Waals surface area contributed by atoms with Crippen LogP contribution in [0, 0.1) is 0 Å². The number of hydrogen-bond acceptors (Lipinski definition) is 34. The summed E-state index contributed by atoms with van der Waals surface area (Å²) in [5.41, 5.74) is -5.97. The Morgan fingerprint density at radius 1 is 0.281 bits per heavy atom. The molecule has 0 aliphatic carbocycles. The Morgan fingerprint density at radius 2 is 0.517 bits per heavy atom. The van der Waals surface area contributed by atoms with Gasteiger partial charge in [-0.25, -0.2) is 33.6 Å². The lowest BCUT2D eigenvalue weighted by atomic mass is 9.97. The molecule has 89 heavy (non-hydrogen) atoms. The van der Waals surface area contributed by atoms with E-state index in [0.717, 1.165) is 0 Å². The van der Waals surface area contributed by atoms with Crippen molar-refractivity contribution in [3.05, 3.63) is 124 Å². The van der Waals surface area contributed by atoms with Crippen molar-refractivity contribution in [2.45, 2.75) is 30.7 Å². The minimum absolute atomic E-state index is 0.416. The quantitative estimate of drug-likeness (QED) is 0.0304. The number of hydrogen-bond donors (Lipinski definition) is 19. The van der Waals surface area contributed by atoms with Crippen molar-refractivity contribution in [2.75, 3.05) is 6.61 Å². The molecule has 0 saturated carbocycles. The van der Waals surface area contributed by atoms with E-state index >= 15 is 0 Å². The van der Waals surface area contributed by atoms with Gasteiger partial charge in [0, 0.05) is 0 Å². The summed E-state index contributed by atoms with van der Waals surface area (Å²) in [6.07, 6.45) is -13.1. The van der Waals surface area contributed by atoms with E-state index in [-0.39, 0.29) is 0 Å². The largest absolute Gasteiger partial charge is 0.504 e. The normalized spacial score (nSPS) is 16.0. The third-order valence-electron chi connectivity index (χ3n) is 12.4. The number of carbonyl (C=O) groups excluding carboxylic acids is 7. The van der Waals surface area contributed by atoms with E-state index in [1.54, 1.807) is 0 Å². The van der Waals surface area contributed by atoms with Crippen molar-refractivity contribution in [3.8, 4) is 121 Å². The highest BCUT2D eigenvalue weighted by Crippen LogP contribution is 2.44. The minimum atomic E-state index is -2.77. The lowest BCUT2D eigenvalue weighted by molar-refractivity contribution is -0.282. The summed E-state index contributed by atoms with van der Waals surface area (Å²) in [6.45, 7) is -1.38. The van der Waals surface area contributed by atoms with E-state index in [0.29, 0.717) is 84.9 Å². The van der Waals surface area contributed by atoms with Crippen molar-refractivity contribution >= 4 is 41.8 Å². The fourth-order valence-electron chi connectivity index (χ4n) is 8.00. The molecule has 0 aromatic heterocycles. The fourth-order valence-corrected chi connectivity index (χ4v) is 8.00. The van der Waals surface area contributed by atoms with Crippen LogP contribution in [-0.4, -0.2) is 176 Å². The molecule has 7 aromatic carbocycles. The molecule has 34 heteroatoms. The average molecular weight is 1240 g/mol. The van der Waals surface area contributed by atoms with Crippen molar-refractivity contribution in [1.29, 1.82) is 0 Å². The van der Waals surface area contributed by atoms with Crippen molar-refractivity contribution < 1.29 is 168 Å². The van der Waals surface area contributed by atoms with Crippen LogP contribution in [0.2, 0.25) is 0 Å². The van der Waals surface area contributed by atoms with Crippen molar-refractivity contribution in [3.63, 3.8) is 0 Å². The molecule has 7 aromatic rings. The van der Waals surface area contributed by atoms with Gasteiger partial charge in [-0.15, -0.1) is 0 Å². The zero-order valence-electron chi connectivity index (χ0n) is 43.8. The van der Waals surface area contributed by atoms with Crippen molar-refractivity contribution in [1.82, 2.24) is 0 Å². The molecule has 34 nitrogen and oxygen atoms in total. The fraction of sp³-hybridized carbons (Fsp3) is 0.109. The molecule has 1 aliphatic rings. The second-order valence-electron chi connectivity index (χ2n) is 18.4. The molecule has 1 saturated heterocycles. The molecule has 1 fully saturated rings. The van der Waals surface area contributed by atoms with Crippen LogP contribution in [0.1, 0.15) is 72.5 Å². The summed E-state index contributed by atoms with van der Waals surface area (Å²) >= 11 is 0. The summed E-state index contributed by atoms with van der Waals surface area (Å²) < 4.78 is 43.8. The first kappa shape index (κ1) is 62.0. The van der Waals surface area contributed by atoms with E-state index in [1.165, 1.54) is 0 Å². The first-order valence-electron chi connectivity index (χ1n) is 24.3. The molecule has 0 unspecified atom stereocenters. The van der Waals surface area contributed by atoms with Gasteiger partial charge in [-0.2, -0.15) is 0 Å². The molecule has 0 bridgehead atoms. The molecule has 19 N–H and O–H groups in total. The molecule has 0 spiro atoms. The number of ether oxygens (including phenoxy) is 8. The van der Waals surface area contributed by atoms with Crippen molar-refractivity contribution in [2.24, 2.45) is 0 Å². The van der Waals surface area contributed by atoms with E-state index in [9.17, 15) is 131 Å². The highest BCUT2D eigenvalue weighted by atomic mass is 16.7. The van der Waals surface area contributed by atoms with Gasteiger partial charge in [-0.3, -0.25) is 0 Å². The molecular formula is C55H40O34. The maximum absolute atomic E-state index is 14.4. The molecular weight excluding hydrogens is 1200 g/mol. The third-order valence-corrected chi connectivity index (χ3v) is 12.4. The SMILES string of the molecule is O=C(OC[C@H]1O[C@@H](OC(=O)c2cc(O)c(O)c(OC(=O)c3cc(O)c(O)c(OC(=O)c4cc(O)c(O)c(O)c4)c3)c2)[C@H](OC(=O)c2cc(O)c(O)c(O)c2)[C@@H](OC(=O)c2cc(O)c(O)c(O)c2)[C@@H]1OC(=O)c1cc(O)c(O)c(O)c1)c1cc(O)c(O)c(O)c1. The van der Waals surface area contributed by atoms with Crippen LogP contribution in [-0.2, 0) is 28.4 Å². The summed E-state index contributed by atoms with van der Waals surface area (Å²) in [5, 5.41) is 194. The Bertz CT molecular complexity index is 3980. The van der Waals surface area contributed by atoms with Gasteiger partial charge in [0.2, 0.25) is 23.9 Å². The molecule has 0 radical (unpaired) electrons. The summed E-state index contributed by atoms with van der Waals surface area (Å²) in [4.78, 5) is 96.9. The van der Waals surface area contributed by atoms with E-state index in [2.05, 4.69) is 0 Å². The maximum atomic E-state index is 14.4. The first-order valence-corrected chi connectivity index (χ1v) is 24.3. The van der Waals surface area contributed by atoms with E-state index in [4.69, 9.17) is 37.9 Å². The Kier molecular flexibility index (Phi) is 16.9. The smallest absolute Gasteiger partial charge is 0.343 e. The van der Waals surface area contributed by atoms with Gasteiger partial charge in [0.05, 0.1) is 38.9 Å². The number of esters is 7. The van der Waals surface area contributed by atoms with E-state index in [1.807, 2.05) is 0 Å². The standard InChI is InChI=1S/C55H40O34/c56-23-1-16(2-24(57)38(23)68)48(75)82-15-37-45(86-51(78)18-5-27(60)40(70)28(61)6-18)46(87-52(79)19-7-29(62)41(71)30(63)8-19)47(88-53(80)20-9-31(64)42(72)32(65)10-20)55(85-37)89-54(81)22-12-34(67)44(74)36(14-22)84-50(77)21-11-33(66)43(73)35(13-21)83-49(76)17-3-25(58)39(69)26(59)4-17/h1-14,37,45-47,55-74H,15H2/t37-,45-,46+,47-,55+/m1/s1. The summed E-state index contributed by atoms with van der Waals surface area (Å²) in [5.74, 6) is -36.1. The highest BCUT2D eigenvalue weighted by molar-refractivity contribution is 5.98. The van der Waals surface area contributed by atoms with Crippen LogP contribution in [0.4, 0.5) is 0 Å². The maximum Gasteiger partial charge on any atom is 0.343 e. The van der Waals surface area contributed by atoms with Crippen LogP contribution in [0.5, 0.6) is 121 Å². The molecule has 8 rings (SSSR count). The lowest BCUT2D eigenvalue weighted by Crippen LogP contribution is -2.63. The van der Waals surface area contributed by atoms with Crippen LogP contribution in [0.3, 0.4) is 0 Å².